The monoisotopic (exact) mass is 291 g/mol. The molecule has 1 rings (SSSR count). The van der Waals surface area contributed by atoms with E-state index >= 15 is 0 Å². The zero-order valence-corrected chi connectivity index (χ0v) is 11.0. The molecule has 0 heterocycles. The van der Waals surface area contributed by atoms with Crippen LogP contribution < -0.4 is 21.5 Å². The summed E-state index contributed by atoms with van der Waals surface area (Å²) in [5.41, 5.74) is 10.1. The molecule has 0 bridgehead atoms. The van der Waals surface area contributed by atoms with Crippen LogP contribution in [0.1, 0.15) is 13.8 Å². The SMILES string of the molecule is CC(C)(CNc1cc(OC(F)F)c(F)cc1N)C(N)=O. The summed E-state index contributed by atoms with van der Waals surface area (Å²) in [6.45, 7) is 0.145. The number of carbonyl (C=O) groups is 1. The van der Waals surface area contributed by atoms with Crippen molar-refractivity contribution in [1.29, 1.82) is 0 Å². The van der Waals surface area contributed by atoms with Crippen LogP contribution in [0.4, 0.5) is 24.5 Å². The molecule has 1 aromatic carbocycles. The van der Waals surface area contributed by atoms with Crippen molar-refractivity contribution in [3.05, 3.63) is 17.9 Å². The van der Waals surface area contributed by atoms with Gasteiger partial charge in [0.2, 0.25) is 5.91 Å². The molecule has 0 radical (unpaired) electrons. The Labute approximate surface area is 114 Å². The molecule has 0 fully saturated rings. The molecule has 0 aliphatic rings. The van der Waals surface area contributed by atoms with Gasteiger partial charge in [0.1, 0.15) is 0 Å². The minimum Gasteiger partial charge on any atom is -0.432 e. The van der Waals surface area contributed by atoms with Crippen LogP contribution in [0.3, 0.4) is 0 Å². The van der Waals surface area contributed by atoms with Crippen molar-refractivity contribution < 1.29 is 22.7 Å². The molecule has 0 aliphatic heterocycles. The molecule has 0 saturated heterocycles. The van der Waals surface area contributed by atoms with Gasteiger partial charge in [0.05, 0.1) is 16.8 Å². The average molecular weight is 291 g/mol. The topological polar surface area (TPSA) is 90.4 Å². The molecule has 1 amide bonds. The number of nitrogens with one attached hydrogen (secondary N) is 1. The number of ether oxygens (including phenoxy) is 1. The number of halogens is 3. The molecular weight excluding hydrogens is 275 g/mol. The lowest BCUT2D eigenvalue weighted by Crippen LogP contribution is -2.37. The lowest BCUT2D eigenvalue weighted by Gasteiger charge is -2.22. The zero-order valence-electron chi connectivity index (χ0n) is 11.0. The number of nitrogens with two attached hydrogens (primary N) is 2. The van der Waals surface area contributed by atoms with E-state index in [1.165, 1.54) is 0 Å². The maximum atomic E-state index is 13.4. The third-order valence-corrected chi connectivity index (χ3v) is 2.71. The van der Waals surface area contributed by atoms with Crippen molar-refractivity contribution in [2.24, 2.45) is 11.1 Å². The third-order valence-electron chi connectivity index (χ3n) is 2.71. The first-order chi connectivity index (χ1) is 9.13. The second-order valence-electron chi connectivity index (χ2n) is 4.85. The van der Waals surface area contributed by atoms with E-state index in [-0.39, 0.29) is 17.9 Å². The van der Waals surface area contributed by atoms with E-state index in [9.17, 15) is 18.0 Å². The highest BCUT2D eigenvalue weighted by atomic mass is 19.3. The molecule has 5 nitrogen and oxygen atoms in total. The summed E-state index contributed by atoms with van der Waals surface area (Å²) >= 11 is 0. The molecule has 1 aromatic rings. The van der Waals surface area contributed by atoms with Crippen molar-refractivity contribution >= 4 is 17.3 Å². The number of hydrogen-bond donors (Lipinski definition) is 3. The fourth-order valence-electron chi connectivity index (χ4n) is 1.31. The van der Waals surface area contributed by atoms with Gasteiger partial charge in [-0.2, -0.15) is 8.78 Å². The molecule has 0 unspecified atom stereocenters. The van der Waals surface area contributed by atoms with Crippen LogP contribution in [-0.2, 0) is 4.79 Å². The van der Waals surface area contributed by atoms with E-state index in [1.54, 1.807) is 13.8 Å². The minimum atomic E-state index is -3.15. The first kappa shape index (κ1) is 15.9. The van der Waals surface area contributed by atoms with Gasteiger partial charge in [-0.1, -0.05) is 0 Å². The van der Waals surface area contributed by atoms with E-state index in [1.807, 2.05) is 0 Å². The summed E-state index contributed by atoms with van der Waals surface area (Å²) < 4.78 is 41.6. The van der Waals surface area contributed by atoms with Crippen molar-refractivity contribution in [2.45, 2.75) is 20.5 Å². The summed E-state index contributed by atoms with van der Waals surface area (Å²) in [6, 6.07) is 1.87. The van der Waals surface area contributed by atoms with Crippen LogP contribution >= 0.6 is 0 Å². The van der Waals surface area contributed by atoms with Crippen molar-refractivity contribution in [3.63, 3.8) is 0 Å². The molecule has 20 heavy (non-hydrogen) atoms. The molecular formula is C12H16F3N3O2. The lowest BCUT2D eigenvalue weighted by molar-refractivity contribution is -0.125. The number of hydrogen-bond acceptors (Lipinski definition) is 4. The number of carbonyl (C=O) groups excluding carboxylic acids is 1. The van der Waals surface area contributed by atoms with Gasteiger partial charge in [0.15, 0.2) is 11.6 Å². The first-order valence-electron chi connectivity index (χ1n) is 5.71. The van der Waals surface area contributed by atoms with Crippen molar-refractivity contribution in [3.8, 4) is 5.75 Å². The fraction of sp³-hybridized carbons (Fsp3) is 0.417. The highest BCUT2D eigenvalue weighted by molar-refractivity contribution is 5.81. The lowest BCUT2D eigenvalue weighted by atomic mass is 9.92. The number of alkyl halides is 2. The maximum absolute atomic E-state index is 13.4. The Morgan fingerprint density at radius 3 is 2.55 bits per heavy atom. The number of benzene rings is 1. The van der Waals surface area contributed by atoms with E-state index in [0.29, 0.717) is 0 Å². The smallest absolute Gasteiger partial charge is 0.387 e. The van der Waals surface area contributed by atoms with Crippen LogP contribution in [0.25, 0.3) is 0 Å². The first-order valence-corrected chi connectivity index (χ1v) is 5.71. The number of anilines is 2. The summed E-state index contributed by atoms with van der Waals surface area (Å²) in [6.07, 6.45) is 0. The number of primary amides is 1. The zero-order chi connectivity index (χ0) is 15.5. The van der Waals surface area contributed by atoms with Crippen molar-refractivity contribution in [2.75, 3.05) is 17.6 Å². The Balaban J connectivity index is 2.92. The Bertz CT molecular complexity index is 507. The predicted octanol–water partition coefficient (Wildman–Crippen LogP) is 1.93. The quantitative estimate of drug-likeness (QED) is 0.698. The molecule has 0 aliphatic carbocycles. The van der Waals surface area contributed by atoms with Crippen LogP contribution in [0.15, 0.2) is 12.1 Å². The fourth-order valence-corrected chi connectivity index (χ4v) is 1.31. The van der Waals surface area contributed by atoms with Crippen LogP contribution in [0.2, 0.25) is 0 Å². The molecule has 0 atom stereocenters. The van der Waals surface area contributed by atoms with E-state index < -0.39 is 29.5 Å². The molecule has 5 N–H and O–H groups in total. The van der Waals surface area contributed by atoms with Gasteiger partial charge >= 0.3 is 6.61 Å². The Hall–Kier alpha value is -2.12. The molecule has 8 heteroatoms. The Kier molecular flexibility index (Phi) is 4.69. The predicted molar refractivity (Wildman–Crippen MR) is 68.9 cm³/mol. The summed E-state index contributed by atoms with van der Waals surface area (Å²) in [4.78, 5) is 11.2. The van der Waals surface area contributed by atoms with Gasteiger partial charge in [-0.3, -0.25) is 4.79 Å². The van der Waals surface area contributed by atoms with Gasteiger partial charge in [-0.15, -0.1) is 0 Å². The summed E-state index contributed by atoms with van der Waals surface area (Å²) in [5.74, 6) is -2.18. The molecule has 112 valence electrons. The summed E-state index contributed by atoms with van der Waals surface area (Å²) in [5, 5.41) is 2.76. The second-order valence-corrected chi connectivity index (χ2v) is 4.85. The Morgan fingerprint density at radius 1 is 1.45 bits per heavy atom. The number of amides is 1. The highest BCUT2D eigenvalue weighted by Crippen LogP contribution is 2.30. The normalized spacial score (nSPS) is 11.5. The Morgan fingerprint density at radius 2 is 2.05 bits per heavy atom. The van der Waals surface area contributed by atoms with Gasteiger partial charge < -0.3 is 21.5 Å². The summed E-state index contributed by atoms with van der Waals surface area (Å²) in [7, 11) is 0. The van der Waals surface area contributed by atoms with Crippen LogP contribution in [-0.4, -0.2) is 19.1 Å². The average Bonchev–Trinajstić information content (AvgIpc) is 2.30. The van der Waals surface area contributed by atoms with Gasteiger partial charge in [-0.25, -0.2) is 4.39 Å². The maximum Gasteiger partial charge on any atom is 0.387 e. The van der Waals surface area contributed by atoms with E-state index in [4.69, 9.17) is 11.5 Å². The largest absolute Gasteiger partial charge is 0.432 e. The molecule has 0 saturated carbocycles. The highest BCUT2D eigenvalue weighted by Gasteiger charge is 2.25. The number of nitrogen functional groups attached to an aromatic ring is 1. The molecule has 0 aromatic heterocycles. The van der Waals surface area contributed by atoms with Crippen molar-refractivity contribution in [1.82, 2.24) is 0 Å². The second kappa shape index (κ2) is 5.89. The van der Waals surface area contributed by atoms with E-state index in [0.717, 1.165) is 12.1 Å². The number of rotatable bonds is 6. The van der Waals surface area contributed by atoms with Gasteiger partial charge in [0.25, 0.3) is 0 Å². The third kappa shape index (κ3) is 3.94. The van der Waals surface area contributed by atoms with Gasteiger partial charge in [-0.05, 0) is 13.8 Å². The van der Waals surface area contributed by atoms with Crippen LogP contribution in [0.5, 0.6) is 5.75 Å². The molecule has 0 spiro atoms. The van der Waals surface area contributed by atoms with E-state index in [2.05, 4.69) is 10.1 Å². The van der Waals surface area contributed by atoms with Crippen LogP contribution in [0, 0.1) is 11.2 Å². The van der Waals surface area contributed by atoms with Gasteiger partial charge in [0, 0.05) is 18.7 Å². The standard InChI is InChI=1S/C12H16F3N3O2/c1-12(2,10(17)19)5-18-8-4-9(20-11(14)15)6(13)3-7(8)16/h3-4,11,18H,5,16H2,1-2H3,(H2,17,19). The minimum absolute atomic E-state index is 0.00406.